The lowest BCUT2D eigenvalue weighted by molar-refractivity contribution is -0.113. The standard InChI is InChI=1S/C26H19Cl2N3O2S/c1-16-3-7-19(14-22(16)27)30-26-31(20-8-4-17(2)23(28)15-20)25(32)24(34-26)13-18-5-9-21(10-6-18)33-12-11-29/h3-10,13-15H,12H2,1-2H3/b24-13-,30-26?. The van der Waals surface area contributed by atoms with Gasteiger partial charge in [0.15, 0.2) is 11.8 Å². The summed E-state index contributed by atoms with van der Waals surface area (Å²) in [4.78, 5) is 20.3. The first kappa shape index (κ1) is 23.9. The number of amides is 1. The SMILES string of the molecule is Cc1ccc(N=C2S/C(=C\c3ccc(OCC#N)cc3)C(=O)N2c2ccc(C)c(Cl)c2)cc1Cl. The van der Waals surface area contributed by atoms with Crippen LogP contribution in [0.3, 0.4) is 0 Å². The third-order valence-electron chi connectivity index (χ3n) is 5.08. The summed E-state index contributed by atoms with van der Waals surface area (Å²) in [7, 11) is 0. The topological polar surface area (TPSA) is 65.7 Å². The number of nitriles is 1. The maximum Gasteiger partial charge on any atom is 0.271 e. The monoisotopic (exact) mass is 507 g/mol. The summed E-state index contributed by atoms with van der Waals surface area (Å²) >= 11 is 13.9. The van der Waals surface area contributed by atoms with Gasteiger partial charge in [0.2, 0.25) is 0 Å². The molecule has 4 rings (SSSR count). The quantitative estimate of drug-likeness (QED) is 0.339. The maximum atomic E-state index is 13.5. The van der Waals surface area contributed by atoms with Crippen molar-refractivity contribution in [2.75, 3.05) is 11.5 Å². The van der Waals surface area contributed by atoms with Crippen molar-refractivity contribution in [3.05, 3.63) is 92.3 Å². The minimum absolute atomic E-state index is 0.0221. The van der Waals surface area contributed by atoms with Gasteiger partial charge in [-0.15, -0.1) is 0 Å². The van der Waals surface area contributed by atoms with E-state index in [1.165, 1.54) is 11.8 Å². The van der Waals surface area contributed by atoms with E-state index in [-0.39, 0.29) is 12.5 Å². The lowest BCUT2D eigenvalue weighted by atomic mass is 10.2. The average molecular weight is 508 g/mol. The van der Waals surface area contributed by atoms with Crippen LogP contribution in [0.15, 0.2) is 70.6 Å². The van der Waals surface area contributed by atoms with E-state index in [9.17, 15) is 4.79 Å². The van der Waals surface area contributed by atoms with Gasteiger partial charge in [0.05, 0.1) is 16.3 Å². The molecule has 3 aromatic carbocycles. The lowest BCUT2D eigenvalue weighted by Crippen LogP contribution is -2.28. The summed E-state index contributed by atoms with van der Waals surface area (Å²) in [6, 6.07) is 20.1. The van der Waals surface area contributed by atoms with Crippen LogP contribution >= 0.6 is 35.0 Å². The number of nitrogens with zero attached hydrogens (tertiary/aromatic N) is 3. The number of aliphatic imine (C=N–C) groups is 1. The number of carbonyl (C=O) groups is 1. The number of thioether (sulfide) groups is 1. The molecule has 1 fully saturated rings. The molecule has 1 aliphatic rings. The van der Waals surface area contributed by atoms with Crippen LogP contribution in [0.25, 0.3) is 6.08 Å². The Bertz CT molecular complexity index is 1360. The Morgan fingerprint density at radius 3 is 2.35 bits per heavy atom. The van der Waals surface area contributed by atoms with Crippen LogP contribution in [0.1, 0.15) is 16.7 Å². The molecule has 0 radical (unpaired) electrons. The first-order chi connectivity index (χ1) is 16.4. The number of amidine groups is 1. The van der Waals surface area contributed by atoms with Crippen molar-refractivity contribution in [2.24, 2.45) is 4.99 Å². The number of anilines is 1. The second kappa shape index (κ2) is 10.4. The zero-order valence-electron chi connectivity index (χ0n) is 18.4. The smallest absolute Gasteiger partial charge is 0.271 e. The van der Waals surface area contributed by atoms with Crippen LogP contribution in [0.5, 0.6) is 5.75 Å². The highest BCUT2D eigenvalue weighted by Crippen LogP contribution is 2.39. The molecule has 0 saturated carbocycles. The zero-order valence-corrected chi connectivity index (χ0v) is 20.7. The Balaban J connectivity index is 1.72. The second-order valence-corrected chi connectivity index (χ2v) is 9.35. The number of aryl methyl sites for hydroxylation is 2. The Kier molecular flexibility index (Phi) is 7.28. The minimum Gasteiger partial charge on any atom is -0.479 e. The first-order valence-corrected chi connectivity index (χ1v) is 11.9. The van der Waals surface area contributed by atoms with E-state index in [1.54, 1.807) is 35.2 Å². The van der Waals surface area contributed by atoms with Crippen LogP contribution in [-0.2, 0) is 4.79 Å². The van der Waals surface area contributed by atoms with Crippen molar-refractivity contribution in [2.45, 2.75) is 13.8 Å². The molecule has 0 aliphatic carbocycles. The highest BCUT2D eigenvalue weighted by molar-refractivity contribution is 8.19. The molecule has 0 aromatic heterocycles. The van der Waals surface area contributed by atoms with E-state index >= 15 is 0 Å². The van der Waals surface area contributed by atoms with Gasteiger partial charge >= 0.3 is 0 Å². The fourth-order valence-electron chi connectivity index (χ4n) is 3.19. The molecule has 0 spiro atoms. The molecule has 1 heterocycles. The first-order valence-electron chi connectivity index (χ1n) is 10.3. The van der Waals surface area contributed by atoms with Gasteiger partial charge in [0.25, 0.3) is 5.91 Å². The second-order valence-electron chi connectivity index (χ2n) is 7.53. The predicted octanol–water partition coefficient (Wildman–Crippen LogP) is 7.32. The zero-order chi connectivity index (χ0) is 24.2. The number of rotatable bonds is 5. The fourth-order valence-corrected chi connectivity index (χ4v) is 4.54. The molecular weight excluding hydrogens is 489 g/mol. The summed E-state index contributed by atoms with van der Waals surface area (Å²) in [6.45, 7) is 3.81. The van der Waals surface area contributed by atoms with E-state index in [4.69, 9.17) is 38.2 Å². The molecule has 0 unspecified atom stereocenters. The van der Waals surface area contributed by atoms with Gasteiger partial charge in [-0.25, -0.2) is 4.99 Å². The summed E-state index contributed by atoms with van der Waals surface area (Å²) in [5.41, 5.74) is 3.97. The Morgan fingerprint density at radius 2 is 1.71 bits per heavy atom. The number of hydrogen-bond donors (Lipinski definition) is 0. The molecule has 34 heavy (non-hydrogen) atoms. The fraction of sp³-hybridized carbons (Fsp3) is 0.115. The van der Waals surface area contributed by atoms with Gasteiger partial charge < -0.3 is 4.74 Å². The minimum atomic E-state index is -0.202. The Morgan fingerprint density at radius 1 is 1.03 bits per heavy atom. The van der Waals surface area contributed by atoms with Gasteiger partial charge in [0, 0.05) is 10.0 Å². The van der Waals surface area contributed by atoms with Crippen LogP contribution < -0.4 is 9.64 Å². The molecule has 1 aliphatic heterocycles. The van der Waals surface area contributed by atoms with Gasteiger partial charge in [-0.3, -0.25) is 9.69 Å². The normalized spacial score (nSPS) is 15.7. The molecular formula is C26H19Cl2N3O2S. The van der Waals surface area contributed by atoms with E-state index in [0.717, 1.165) is 16.7 Å². The number of benzene rings is 3. The third kappa shape index (κ3) is 5.28. The number of halogens is 2. The van der Waals surface area contributed by atoms with Gasteiger partial charge in [-0.05, 0) is 84.8 Å². The number of hydrogen-bond acceptors (Lipinski definition) is 5. The van der Waals surface area contributed by atoms with Gasteiger partial charge in [-0.1, -0.05) is 47.5 Å². The van der Waals surface area contributed by atoms with Crippen LogP contribution in [-0.4, -0.2) is 17.7 Å². The molecule has 1 amide bonds. The van der Waals surface area contributed by atoms with Crippen molar-refractivity contribution in [1.82, 2.24) is 0 Å². The summed E-state index contributed by atoms with van der Waals surface area (Å²) < 4.78 is 5.29. The Hall–Kier alpha value is -3.24. The molecule has 5 nitrogen and oxygen atoms in total. The third-order valence-corrected chi connectivity index (χ3v) is 6.86. The van der Waals surface area contributed by atoms with Crippen LogP contribution in [0.4, 0.5) is 11.4 Å². The molecule has 1 saturated heterocycles. The van der Waals surface area contributed by atoms with Crippen LogP contribution in [0.2, 0.25) is 10.0 Å². The maximum absolute atomic E-state index is 13.5. The van der Waals surface area contributed by atoms with Crippen molar-refractivity contribution < 1.29 is 9.53 Å². The summed E-state index contributed by atoms with van der Waals surface area (Å²) in [6.07, 6.45) is 1.80. The summed E-state index contributed by atoms with van der Waals surface area (Å²) in [5.74, 6) is 0.384. The van der Waals surface area contributed by atoms with E-state index < -0.39 is 0 Å². The van der Waals surface area contributed by atoms with Crippen molar-refractivity contribution in [3.8, 4) is 11.8 Å². The van der Waals surface area contributed by atoms with Crippen molar-refractivity contribution in [1.29, 1.82) is 5.26 Å². The van der Waals surface area contributed by atoms with E-state index in [2.05, 4.69) is 0 Å². The molecule has 0 bridgehead atoms. The molecule has 3 aromatic rings. The van der Waals surface area contributed by atoms with Crippen LogP contribution in [0, 0.1) is 25.2 Å². The average Bonchev–Trinajstić information content (AvgIpc) is 3.12. The van der Waals surface area contributed by atoms with Crippen molar-refractivity contribution in [3.63, 3.8) is 0 Å². The van der Waals surface area contributed by atoms with E-state index in [0.29, 0.717) is 37.2 Å². The van der Waals surface area contributed by atoms with Crippen molar-refractivity contribution >= 4 is 63.5 Å². The molecule has 0 N–H and O–H groups in total. The highest BCUT2D eigenvalue weighted by Gasteiger charge is 2.35. The predicted molar refractivity (Wildman–Crippen MR) is 140 cm³/mol. The lowest BCUT2D eigenvalue weighted by Gasteiger charge is -2.16. The summed E-state index contributed by atoms with van der Waals surface area (Å²) in [5, 5.41) is 10.3. The highest BCUT2D eigenvalue weighted by atomic mass is 35.5. The molecule has 170 valence electrons. The number of carbonyl (C=O) groups excluding carboxylic acids is 1. The van der Waals surface area contributed by atoms with E-state index in [1.807, 2.05) is 56.3 Å². The number of ether oxygens (including phenoxy) is 1. The Labute approximate surface area is 212 Å². The largest absolute Gasteiger partial charge is 0.479 e. The molecule has 8 heteroatoms. The van der Waals surface area contributed by atoms with Gasteiger partial charge in [-0.2, -0.15) is 5.26 Å². The van der Waals surface area contributed by atoms with Gasteiger partial charge in [0.1, 0.15) is 11.8 Å². The molecule has 0 atom stereocenters.